The summed E-state index contributed by atoms with van der Waals surface area (Å²) in [5.74, 6) is -1.45. The van der Waals surface area contributed by atoms with E-state index in [2.05, 4.69) is 20.8 Å². The lowest BCUT2D eigenvalue weighted by Crippen LogP contribution is -2.47. The van der Waals surface area contributed by atoms with E-state index in [1.165, 1.54) is 30.7 Å². The Balaban J connectivity index is 1.34. The number of likely N-dealkylation sites (tertiary alicyclic amines) is 1. The number of halogens is 1. The third-order valence-electron chi connectivity index (χ3n) is 5.94. The molecule has 0 unspecified atom stereocenters. The maximum atomic E-state index is 13.0. The van der Waals surface area contributed by atoms with Crippen LogP contribution in [0.15, 0.2) is 24.3 Å². The average molecular weight is 460 g/mol. The van der Waals surface area contributed by atoms with Gasteiger partial charge in [-0.1, -0.05) is 30.6 Å². The van der Waals surface area contributed by atoms with Crippen molar-refractivity contribution in [2.24, 2.45) is 5.92 Å². The fourth-order valence-electron chi connectivity index (χ4n) is 4.20. The fraction of sp³-hybridized carbons (Fsp3) is 0.500. The Morgan fingerprint density at radius 1 is 0.969 bits per heavy atom. The van der Waals surface area contributed by atoms with Crippen molar-refractivity contribution in [2.75, 3.05) is 18.4 Å². The first-order chi connectivity index (χ1) is 15.5. The third kappa shape index (κ3) is 5.48. The van der Waals surface area contributed by atoms with E-state index in [9.17, 15) is 18.8 Å². The minimum absolute atomic E-state index is 0.0195. The highest BCUT2D eigenvalue weighted by Gasteiger charge is 2.32. The zero-order chi connectivity index (χ0) is 22.5. The number of benzene rings is 1. The third-order valence-corrected chi connectivity index (χ3v) is 6.85. The number of carbonyl (C=O) groups is 3. The van der Waals surface area contributed by atoms with Gasteiger partial charge >= 0.3 is 0 Å². The number of nitrogens with one attached hydrogen (secondary N) is 2. The van der Waals surface area contributed by atoms with Crippen LogP contribution < -0.4 is 10.6 Å². The predicted molar refractivity (Wildman–Crippen MR) is 118 cm³/mol. The molecule has 32 heavy (non-hydrogen) atoms. The number of nitrogens with zero attached hydrogens (tertiary/aromatic N) is 3. The normalized spacial score (nSPS) is 19.4. The first kappa shape index (κ1) is 22.3. The molecule has 10 heteroatoms. The minimum Gasteiger partial charge on any atom is -0.353 e. The predicted octanol–water partition coefficient (Wildman–Crippen LogP) is 3.23. The smallest absolute Gasteiger partial charge is 0.286 e. The molecule has 2 aliphatic rings. The van der Waals surface area contributed by atoms with Crippen molar-refractivity contribution in [1.82, 2.24) is 20.4 Å². The van der Waals surface area contributed by atoms with E-state index in [-0.39, 0.29) is 33.8 Å². The van der Waals surface area contributed by atoms with Gasteiger partial charge in [-0.15, -0.1) is 10.2 Å². The largest absolute Gasteiger partial charge is 0.353 e. The molecule has 1 saturated carbocycles. The van der Waals surface area contributed by atoms with Gasteiger partial charge in [-0.3, -0.25) is 14.4 Å². The summed E-state index contributed by atoms with van der Waals surface area (Å²) in [5.41, 5.74) is 0.419. The van der Waals surface area contributed by atoms with Crippen LogP contribution in [-0.4, -0.2) is 52.0 Å². The summed E-state index contributed by atoms with van der Waals surface area (Å²) in [6.45, 7) is 0.886. The highest BCUT2D eigenvalue weighted by molar-refractivity contribution is 7.15. The van der Waals surface area contributed by atoms with Crippen LogP contribution in [0.1, 0.15) is 64.6 Å². The van der Waals surface area contributed by atoms with Crippen molar-refractivity contribution in [3.8, 4) is 0 Å². The van der Waals surface area contributed by atoms with Crippen LogP contribution in [0, 0.1) is 11.7 Å². The number of amides is 3. The van der Waals surface area contributed by atoms with Gasteiger partial charge < -0.3 is 15.5 Å². The Bertz CT molecular complexity index is 974. The molecule has 1 aromatic heterocycles. The van der Waals surface area contributed by atoms with Crippen molar-refractivity contribution < 1.29 is 18.8 Å². The standard InChI is InChI=1S/C22H26FN5O3S/c23-15-8-10-17(11-9-15)25-19(30)20-26-27-21(32-20)22(31)28-12-4-5-14(13-28)18(29)24-16-6-2-1-3-7-16/h8-11,14,16H,1-7,12-13H2,(H,24,29)(H,25,30)/t14-/m0/s1. The summed E-state index contributed by atoms with van der Waals surface area (Å²) in [7, 11) is 0. The second-order valence-electron chi connectivity index (χ2n) is 8.31. The van der Waals surface area contributed by atoms with Gasteiger partial charge in [0.2, 0.25) is 15.9 Å². The van der Waals surface area contributed by atoms with Gasteiger partial charge in [-0.2, -0.15) is 0 Å². The topological polar surface area (TPSA) is 104 Å². The van der Waals surface area contributed by atoms with Gasteiger partial charge in [0.25, 0.3) is 11.8 Å². The molecule has 0 spiro atoms. The Hall–Kier alpha value is -2.88. The molecular weight excluding hydrogens is 433 g/mol. The van der Waals surface area contributed by atoms with Gasteiger partial charge in [-0.05, 0) is 49.9 Å². The number of anilines is 1. The number of piperidine rings is 1. The monoisotopic (exact) mass is 459 g/mol. The SMILES string of the molecule is O=C(Nc1ccc(F)cc1)c1nnc(C(=O)N2CCC[C@H](C(=O)NC3CCCCC3)C2)s1. The maximum absolute atomic E-state index is 13.0. The molecule has 2 aromatic rings. The molecule has 3 amide bonds. The summed E-state index contributed by atoms with van der Waals surface area (Å²) < 4.78 is 13.0. The van der Waals surface area contributed by atoms with E-state index >= 15 is 0 Å². The van der Waals surface area contributed by atoms with E-state index in [1.807, 2.05) is 0 Å². The summed E-state index contributed by atoms with van der Waals surface area (Å²) in [6, 6.07) is 5.59. The molecule has 2 N–H and O–H groups in total. The van der Waals surface area contributed by atoms with Crippen molar-refractivity contribution in [3.05, 3.63) is 40.1 Å². The highest BCUT2D eigenvalue weighted by atomic mass is 32.1. The molecule has 0 radical (unpaired) electrons. The van der Waals surface area contributed by atoms with Crippen LogP contribution >= 0.6 is 11.3 Å². The molecule has 8 nitrogen and oxygen atoms in total. The highest BCUT2D eigenvalue weighted by Crippen LogP contribution is 2.23. The van der Waals surface area contributed by atoms with Crippen molar-refractivity contribution in [3.63, 3.8) is 0 Å². The zero-order valence-electron chi connectivity index (χ0n) is 17.7. The number of rotatable bonds is 5. The molecule has 1 aliphatic heterocycles. The van der Waals surface area contributed by atoms with E-state index in [0.717, 1.165) is 49.9 Å². The lowest BCUT2D eigenvalue weighted by atomic mass is 9.93. The molecule has 1 aliphatic carbocycles. The van der Waals surface area contributed by atoms with Gasteiger partial charge in [0, 0.05) is 24.8 Å². The molecular formula is C22H26FN5O3S. The van der Waals surface area contributed by atoms with E-state index in [1.54, 1.807) is 4.90 Å². The van der Waals surface area contributed by atoms with Crippen LogP contribution in [-0.2, 0) is 4.79 Å². The first-order valence-electron chi connectivity index (χ1n) is 11.0. The average Bonchev–Trinajstić information content (AvgIpc) is 3.31. The Kier molecular flexibility index (Phi) is 7.09. The number of carbonyl (C=O) groups excluding carboxylic acids is 3. The number of aromatic nitrogens is 2. The Morgan fingerprint density at radius 3 is 2.44 bits per heavy atom. The van der Waals surface area contributed by atoms with Crippen LogP contribution in [0.2, 0.25) is 0 Å². The Labute approximate surface area is 189 Å². The molecule has 1 aromatic carbocycles. The summed E-state index contributed by atoms with van der Waals surface area (Å²) >= 11 is 0.903. The van der Waals surface area contributed by atoms with E-state index in [4.69, 9.17) is 0 Å². The van der Waals surface area contributed by atoms with E-state index in [0.29, 0.717) is 18.8 Å². The zero-order valence-corrected chi connectivity index (χ0v) is 18.5. The summed E-state index contributed by atoms with van der Waals surface area (Å²) in [6.07, 6.45) is 7.06. The Morgan fingerprint density at radius 2 is 1.69 bits per heavy atom. The molecule has 1 atom stereocenters. The van der Waals surface area contributed by atoms with Gasteiger partial charge in [0.05, 0.1) is 5.92 Å². The minimum atomic E-state index is -0.517. The number of hydrogen-bond donors (Lipinski definition) is 2. The molecule has 170 valence electrons. The molecule has 2 fully saturated rings. The first-order valence-corrected chi connectivity index (χ1v) is 11.8. The van der Waals surface area contributed by atoms with Crippen LogP contribution in [0.25, 0.3) is 0 Å². The maximum Gasteiger partial charge on any atom is 0.286 e. The van der Waals surface area contributed by atoms with Gasteiger partial charge in [0.15, 0.2) is 0 Å². The van der Waals surface area contributed by atoms with Crippen molar-refractivity contribution >= 4 is 34.7 Å². The molecule has 1 saturated heterocycles. The van der Waals surface area contributed by atoms with Crippen LogP contribution in [0.4, 0.5) is 10.1 Å². The van der Waals surface area contributed by atoms with Crippen LogP contribution in [0.5, 0.6) is 0 Å². The molecule has 0 bridgehead atoms. The van der Waals surface area contributed by atoms with Crippen molar-refractivity contribution in [2.45, 2.75) is 51.0 Å². The lowest BCUT2D eigenvalue weighted by molar-refractivity contribution is -0.127. The fourth-order valence-corrected chi connectivity index (χ4v) is 4.90. The quantitative estimate of drug-likeness (QED) is 0.714. The second kappa shape index (κ2) is 10.2. The van der Waals surface area contributed by atoms with Gasteiger partial charge in [0.1, 0.15) is 5.82 Å². The molecule has 4 rings (SSSR count). The summed E-state index contributed by atoms with van der Waals surface area (Å²) in [4.78, 5) is 39.6. The number of hydrogen-bond acceptors (Lipinski definition) is 6. The van der Waals surface area contributed by atoms with Crippen molar-refractivity contribution in [1.29, 1.82) is 0 Å². The summed E-state index contributed by atoms with van der Waals surface area (Å²) in [5, 5.41) is 13.6. The lowest BCUT2D eigenvalue weighted by Gasteiger charge is -2.33. The second-order valence-corrected chi connectivity index (χ2v) is 9.28. The molecule has 2 heterocycles. The van der Waals surface area contributed by atoms with Gasteiger partial charge in [-0.25, -0.2) is 4.39 Å². The van der Waals surface area contributed by atoms with E-state index < -0.39 is 11.7 Å². The van der Waals surface area contributed by atoms with Crippen LogP contribution in [0.3, 0.4) is 0 Å².